The standard InChI is InChI=1S/C14H11ClF3N3O3.C2H4O2/c1-20(19)12-7-9(3-4-11(12)21(22)23)24-13-5-2-8(6-10(13)15)14(16,17)18;1-2(3)4/h2-7H,19H2,1H3;1H3,(H,3,4). The first kappa shape index (κ1) is 23.0. The highest BCUT2D eigenvalue weighted by Gasteiger charge is 2.31. The molecule has 0 fully saturated rings. The van der Waals surface area contributed by atoms with E-state index in [2.05, 4.69) is 5.84 Å². The number of anilines is 1. The maximum absolute atomic E-state index is 12.6. The van der Waals surface area contributed by atoms with Crippen molar-refractivity contribution in [2.24, 2.45) is 0 Å². The Kier molecular flexibility index (Phi) is 7.59. The average molecular weight is 422 g/mol. The number of rotatable bonds is 4. The molecular formula is C16H15ClF3N3O5. The smallest absolute Gasteiger partial charge is 0.416 e. The van der Waals surface area contributed by atoms with E-state index in [-0.39, 0.29) is 27.9 Å². The van der Waals surface area contributed by atoms with Gasteiger partial charge in [0.2, 0.25) is 0 Å². The van der Waals surface area contributed by atoms with Crippen LogP contribution in [0, 0.1) is 10.1 Å². The lowest BCUT2D eigenvalue weighted by Crippen LogP contribution is -2.66. The Balaban J connectivity index is 0.000000892. The molecule has 0 saturated heterocycles. The molecule has 3 N–H and O–H groups in total. The first-order chi connectivity index (χ1) is 12.8. The minimum atomic E-state index is -4.51. The van der Waals surface area contributed by atoms with E-state index in [1.807, 2.05) is 0 Å². The second-order valence-electron chi connectivity index (χ2n) is 5.34. The molecule has 0 aliphatic carbocycles. The number of benzene rings is 2. The maximum Gasteiger partial charge on any atom is 0.416 e. The third-order valence-electron chi connectivity index (χ3n) is 3.04. The van der Waals surface area contributed by atoms with Gasteiger partial charge in [-0.3, -0.25) is 16.0 Å². The van der Waals surface area contributed by atoms with Gasteiger partial charge in [0.15, 0.2) is 5.69 Å². The lowest BCUT2D eigenvalue weighted by Gasteiger charge is -2.13. The van der Waals surface area contributed by atoms with Crippen molar-refractivity contribution >= 4 is 28.9 Å². The van der Waals surface area contributed by atoms with Crippen molar-refractivity contribution in [1.82, 2.24) is 0 Å². The summed E-state index contributed by atoms with van der Waals surface area (Å²) in [5.41, 5.74) is -0.902. The minimum Gasteiger partial charge on any atom is -0.550 e. The van der Waals surface area contributed by atoms with Gasteiger partial charge in [0.1, 0.15) is 11.5 Å². The zero-order chi connectivity index (χ0) is 21.6. The number of nitro groups is 1. The van der Waals surface area contributed by atoms with Crippen molar-refractivity contribution in [2.45, 2.75) is 13.1 Å². The van der Waals surface area contributed by atoms with Crippen LogP contribution >= 0.6 is 11.6 Å². The van der Waals surface area contributed by atoms with Gasteiger partial charge in [-0.05, 0) is 31.2 Å². The fourth-order valence-corrected chi connectivity index (χ4v) is 2.13. The summed E-state index contributed by atoms with van der Waals surface area (Å²) >= 11 is 5.81. The fraction of sp³-hybridized carbons (Fsp3) is 0.188. The van der Waals surface area contributed by atoms with Crippen LogP contribution in [0.2, 0.25) is 5.02 Å². The number of quaternary nitrogens is 1. The molecule has 12 heteroatoms. The van der Waals surface area contributed by atoms with Crippen LogP contribution in [0.3, 0.4) is 0 Å². The fourth-order valence-electron chi connectivity index (χ4n) is 1.91. The number of aliphatic carboxylic acids is 1. The molecule has 0 atom stereocenters. The summed E-state index contributed by atoms with van der Waals surface area (Å²) in [6, 6.07) is 6.54. The Morgan fingerprint density at radius 1 is 1.25 bits per heavy atom. The van der Waals surface area contributed by atoms with Crippen LogP contribution < -0.4 is 20.7 Å². The first-order valence-electron chi connectivity index (χ1n) is 7.37. The molecule has 0 aliphatic heterocycles. The van der Waals surface area contributed by atoms with E-state index in [1.54, 1.807) is 0 Å². The number of halogens is 4. The zero-order valence-electron chi connectivity index (χ0n) is 14.6. The second kappa shape index (κ2) is 9.24. The van der Waals surface area contributed by atoms with Crippen molar-refractivity contribution < 1.29 is 38.6 Å². The number of carbonyl (C=O) groups excluding carboxylic acids is 1. The maximum atomic E-state index is 12.6. The topological polar surface area (TPSA) is 123 Å². The molecule has 28 heavy (non-hydrogen) atoms. The van der Waals surface area contributed by atoms with Crippen LogP contribution in [0.15, 0.2) is 36.4 Å². The van der Waals surface area contributed by atoms with Crippen LogP contribution in [-0.2, 0) is 11.0 Å². The average Bonchev–Trinajstić information content (AvgIpc) is 2.54. The van der Waals surface area contributed by atoms with Gasteiger partial charge >= 0.3 is 6.18 Å². The Labute approximate surface area is 162 Å². The molecule has 0 heterocycles. The molecular weight excluding hydrogens is 407 g/mol. The Morgan fingerprint density at radius 3 is 2.25 bits per heavy atom. The van der Waals surface area contributed by atoms with Crippen molar-refractivity contribution in [2.75, 3.05) is 12.1 Å². The number of hydrogen-bond donors (Lipinski definition) is 1. The van der Waals surface area contributed by atoms with E-state index in [0.29, 0.717) is 0 Å². The number of carboxylic acid groups (broad SMARTS) is 1. The van der Waals surface area contributed by atoms with Crippen LogP contribution in [0.5, 0.6) is 11.5 Å². The summed E-state index contributed by atoms with van der Waals surface area (Å²) in [6.45, 7) is 0.972. The zero-order valence-corrected chi connectivity index (χ0v) is 15.4. The summed E-state index contributed by atoms with van der Waals surface area (Å²) in [4.78, 5) is 19.3. The molecule has 0 spiro atoms. The van der Waals surface area contributed by atoms with Gasteiger partial charge in [0.25, 0.3) is 5.69 Å². The third kappa shape index (κ3) is 6.59. The van der Waals surface area contributed by atoms with Gasteiger partial charge in [-0.25, -0.2) is 5.01 Å². The van der Waals surface area contributed by atoms with Crippen LogP contribution in [-0.4, -0.2) is 17.9 Å². The summed E-state index contributed by atoms with van der Waals surface area (Å²) in [5, 5.41) is 20.9. The molecule has 152 valence electrons. The monoisotopic (exact) mass is 421 g/mol. The number of nitro benzene ring substituents is 1. The Morgan fingerprint density at radius 2 is 1.82 bits per heavy atom. The Bertz CT molecular complexity index is 871. The predicted molar refractivity (Wildman–Crippen MR) is 91.6 cm³/mol. The molecule has 2 aromatic rings. The van der Waals surface area contributed by atoms with Crippen molar-refractivity contribution in [3.63, 3.8) is 0 Å². The van der Waals surface area contributed by atoms with Gasteiger partial charge in [-0.15, -0.1) is 0 Å². The van der Waals surface area contributed by atoms with E-state index in [1.165, 1.54) is 30.3 Å². The van der Waals surface area contributed by atoms with Gasteiger partial charge in [-0.2, -0.15) is 13.2 Å². The number of nitrogens with zero attached hydrogens (tertiary/aromatic N) is 2. The second-order valence-corrected chi connectivity index (χ2v) is 5.75. The highest BCUT2D eigenvalue weighted by Crippen LogP contribution is 2.38. The van der Waals surface area contributed by atoms with Gasteiger partial charge in [0, 0.05) is 18.1 Å². The molecule has 2 aromatic carbocycles. The number of carbonyl (C=O) groups is 1. The van der Waals surface area contributed by atoms with E-state index >= 15 is 0 Å². The molecule has 0 aliphatic rings. The van der Waals surface area contributed by atoms with Gasteiger partial charge < -0.3 is 14.6 Å². The van der Waals surface area contributed by atoms with Gasteiger partial charge in [-0.1, -0.05) is 11.6 Å². The highest BCUT2D eigenvalue weighted by molar-refractivity contribution is 6.32. The number of carboxylic acids is 1. The summed E-state index contributed by atoms with van der Waals surface area (Å²) < 4.78 is 43.3. The van der Waals surface area contributed by atoms with Crippen molar-refractivity contribution in [3.05, 3.63) is 57.1 Å². The molecule has 0 unspecified atom stereocenters. The summed E-state index contributed by atoms with van der Waals surface area (Å²) in [6.07, 6.45) is -4.51. The molecule has 0 aromatic heterocycles. The molecule has 0 bridgehead atoms. The van der Waals surface area contributed by atoms with Gasteiger partial charge in [0.05, 0.1) is 22.6 Å². The van der Waals surface area contributed by atoms with E-state index in [9.17, 15) is 23.3 Å². The summed E-state index contributed by atoms with van der Waals surface area (Å²) in [7, 11) is 1.51. The minimum absolute atomic E-state index is 0.00353. The van der Waals surface area contributed by atoms with Crippen molar-refractivity contribution in [3.8, 4) is 11.5 Å². The largest absolute Gasteiger partial charge is 0.550 e. The van der Waals surface area contributed by atoms with E-state index < -0.39 is 22.6 Å². The lowest BCUT2D eigenvalue weighted by molar-refractivity contribution is -0.396. The number of ether oxygens (including phenoxy) is 1. The van der Waals surface area contributed by atoms with Crippen molar-refractivity contribution in [1.29, 1.82) is 0 Å². The van der Waals surface area contributed by atoms with Crippen LogP contribution in [0.1, 0.15) is 12.5 Å². The first-order valence-corrected chi connectivity index (χ1v) is 7.75. The molecule has 8 nitrogen and oxygen atoms in total. The highest BCUT2D eigenvalue weighted by atomic mass is 35.5. The lowest BCUT2D eigenvalue weighted by atomic mass is 10.2. The molecule has 0 amide bonds. The summed E-state index contributed by atoms with van der Waals surface area (Å²) in [5.74, 6) is 2.67. The number of alkyl halides is 3. The van der Waals surface area contributed by atoms with Crippen LogP contribution in [0.25, 0.3) is 0 Å². The Hall–Kier alpha value is -3.05. The van der Waals surface area contributed by atoms with Crippen LogP contribution in [0.4, 0.5) is 24.5 Å². The molecule has 2 rings (SSSR count). The SMILES string of the molecule is CC(=O)[O-].CN([NH3+])c1cc(Oc2ccc(C(F)(F)F)cc2Cl)ccc1[N+](=O)[O-]. The van der Waals surface area contributed by atoms with E-state index in [4.69, 9.17) is 26.2 Å². The van der Waals surface area contributed by atoms with E-state index in [0.717, 1.165) is 25.1 Å². The normalized spacial score (nSPS) is 10.5. The molecule has 0 saturated carbocycles. The molecule has 0 radical (unpaired) electrons. The predicted octanol–water partition coefficient (Wildman–Crippen LogP) is 2.41. The third-order valence-corrected chi connectivity index (χ3v) is 3.34. The quantitative estimate of drug-likeness (QED) is 0.597. The number of hydrogen-bond acceptors (Lipinski definition) is 6.